The van der Waals surface area contributed by atoms with Gasteiger partial charge in [-0.2, -0.15) is 0 Å². The lowest BCUT2D eigenvalue weighted by Crippen LogP contribution is -2.39. The molecular formula is C21H23Cl2NO5. The molecule has 0 saturated carbocycles. The summed E-state index contributed by atoms with van der Waals surface area (Å²) in [6, 6.07) is 7.76. The minimum absolute atomic E-state index is 0.382. The van der Waals surface area contributed by atoms with Gasteiger partial charge in [0.25, 0.3) is 0 Å². The van der Waals surface area contributed by atoms with Crippen LogP contribution in [0.4, 0.5) is 0 Å². The number of benzene rings is 2. The number of carbonyl (C=O) groups is 1. The summed E-state index contributed by atoms with van der Waals surface area (Å²) in [5.41, 5.74) is 1.43. The quantitative estimate of drug-likeness (QED) is 0.676. The van der Waals surface area contributed by atoms with Crippen molar-refractivity contribution < 1.29 is 24.1 Å². The van der Waals surface area contributed by atoms with E-state index in [0.29, 0.717) is 45.8 Å². The van der Waals surface area contributed by atoms with Crippen LogP contribution in [0.15, 0.2) is 30.3 Å². The van der Waals surface area contributed by atoms with E-state index in [0.717, 1.165) is 12.0 Å². The number of aliphatic carboxylic acids is 1. The maximum Gasteiger partial charge on any atom is 0.320 e. The number of hydrogen-bond acceptors (Lipinski definition) is 5. The lowest BCUT2D eigenvalue weighted by atomic mass is 9.94. The molecule has 3 rings (SSSR count). The molecule has 0 spiro atoms. The summed E-state index contributed by atoms with van der Waals surface area (Å²) in [7, 11) is 4.65. The fourth-order valence-electron chi connectivity index (χ4n) is 3.89. The van der Waals surface area contributed by atoms with Crippen molar-refractivity contribution in [3.8, 4) is 17.2 Å². The van der Waals surface area contributed by atoms with Crippen LogP contribution in [0.3, 0.4) is 0 Å². The molecule has 29 heavy (non-hydrogen) atoms. The summed E-state index contributed by atoms with van der Waals surface area (Å²) in [6.45, 7) is 0.599. The number of likely N-dealkylation sites (tertiary alicyclic amines) is 1. The Hall–Kier alpha value is -2.15. The van der Waals surface area contributed by atoms with Crippen LogP contribution in [0.5, 0.6) is 17.2 Å². The first-order chi connectivity index (χ1) is 13.9. The number of carboxylic acid groups (broad SMARTS) is 1. The molecule has 2 aromatic carbocycles. The lowest BCUT2D eigenvalue weighted by molar-refractivity contribution is -0.142. The van der Waals surface area contributed by atoms with E-state index in [4.69, 9.17) is 37.4 Å². The van der Waals surface area contributed by atoms with E-state index in [1.165, 1.54) is 0 Å². The molecule has 2 aromatic rings. The highest BCUT2D eigenvalue weighted by Gasteiger charge is 2.39. The van der Waals surface area contributed by atoms with Gasteiger partial charge in [0.15, 0.2) is 11.5 Å². The molecule has 0 amide bonds. The maximum absolute atomic E-state index is 11.9. The Labute approximate surface area is 179 Å². The van der Waals surface area contributed by atoms with Crippen molar-refractivity contribution in [2.75, 3.05) is 27.9 Å². The molecule has 2 atom stereocenters. The predicted octanol–water partition coefficient (Wildman–Crippen LogP) is 4.66. The summed E-state index contributed by atoms with van der Waals surface area (Å²) in [4.78, 5) is 13.9. The standard InChI is InChI=1S/C21H23Cl2NO5/c1-27-16-11-18(29-3)17(28-2)10-13(16)20(12-6-4-7-14(22)19(12)23)24-9-5-8-15(24)21(25)26/h4,6-7,10-11,15,20H,5,8-9H2,1-3H3,(H,25,26). The van der Waals surface area contributed by atoms with Gasteiger partial charge < -0.3 is 19.3 Å². The fraction of sp³-hybridized carbons (Fsp3) is 0.381. The van der Waals surface area contributed by atoms with Gasteiger partial charge in [0.2, 0.25) is 0 Å². The van der Waals surface area contributed by atoms with Crippen molar-refractivity contribution in [1.82, 2.24) is 4.90 Å². The summed E-state index contributed by atoms with van der Waals surface area (Å²) in [5, 5.41) is 10.6. The van der Waals surface area contributed by atoms with E-state index in [1.54, 1.807) is 45.6 Å². The summed E-state index contributed by atoms with van der Waals surface area (Å²) < 4.78 is 16.5. The zero-order valence-corrected chi connectivity index (χ0v) is 18.0. The first kappa shape index (κ1) is 21.6. The zero-order chi connectivity index (χ0) is 21.1. The van der Waals surface area contributed by atoms with Gasteiger partial charge in [0.1, 0.15) is 11.8 Å². The highest BCUT2D eigenvalue weighted by Crippen LogP contribution is 2.46. The molecule has 1 fully saturated rings. The molecule has 1 aliphatic rings. The minimum Gasteiger partial charge on any atom is -0.496 e. The monoisotopic (exact) mass is 439 g/mol. The van der Waals surface area contributed by atoms with Gasteiger partial charge in [0.05, 0.1) is 37.4 Å². The number of nitrogens with zero attached hydrogens (tertiary/aromatic N) is 1. The highest BCUT2D eigenvalue weighted by molar-refractivity contribution is 6.42. The second-order valence-electron chi connectivity index (χ2n) is 6.73. The molecule has 8 heteroatoms. The van der Waals surface area contributed by atoms with Crippen LogP contribution in [-0.2, 0) is 4.79 Å². The number of rotatable bonds is 7. The van der Waals surface area contributed by atoms with Gasteiger partial charge in [-0.1, -0.05) is 35.3 Å². The molecule has 0 aromatic heterocycles. The van der Waals surface area contributed by atoms with Crippen molar-refractivity contribution >= 4 is 29.2 Å². The van der Waals surface area contributed by atoms with Crippen LogP contribution in [0.25, 0.3) is 0 Å². The molecule has 2 unspecified atom stereocenters. The third kappa shape index (κ3) is 4.10. The zero-order valence-electron chi connectivity index (χ0n) is 16.4. The first-order valence-corrected chi connectivity index (χ1v) is 9.90. The highest BCUT2D eigenvalue weighted by atomic mass is 35.5. The minimum atomic E-state index is -0.870. The lowest BCUT2D eigenvalue weighted by Gasteiger charge is -2.33. The topological polar surface area (TPSA) is 68.2 Å². The van der Waals surface area contributed by atoms with Crippen LogP contribution >= 0.6 is 23.2 Å². The van der Waals surface area contributed by atoms with E-state index < -0.39 is 18.1 Å². The molecule has 1 saturated heterocycles. The normalized spacial score (nSPS) is 17.8. The molecule has 0 bridgehead atoms. The van der Waals surface area contributed by atoms with E-state index >= 15 is 0 Å². The van der Waals surface area contributed by atoms with E-state index in [1.807, 2.05) is 11.0 Å². The number of halogens is 2. The fourth-order valence-corrected chi connectivity index (χ4v) is 4.30. The molecule has 6 nitrogen and oxygen atoms in total. The number of hydrogen-bond donors (Lipinski definition) is 1. The van der Waals surface area contributed by atoms with Gasteiger partial charge in [-0.05, 0) is 30.5 Å². The number of ether oxygens (including phenoxy) is 3. The largest absolute Gasteiger partial charge is 0.496 e. The van der Waals surface area contributed by atoms with E-state index in [2.05, 4.69) is 0 Å². The number of methoxy groups -OCH3 is 3. The second kappa shape index (κ2) is 9.11. The van der Waals surface area contributed by atoms with Crippen molar-refractivity contribution in [3.05, 3.63) is 51.5 Å². The molecule has 1 heterocycles. The number of carboxylic acids is 1. The van der Waals surface area contributed by atoms with Crippen LogP contribution < -0.4 is 14.2 Å². The average molecular weight is 440 g/mol. The van der Waals surface area contributed by atoms with Crippen molar-refractivity contribution in [2.45, 2.75) is 24.9 Å². The van der Waals surface area contributed by atoms with Crippen LogP contribution in [0.2, 0.25) is 10.0 Å². The van der Waals surface area contributed by atoms with Crippen molar-refractivity contribution in [2.24, 2.45) is 0 Å². The van der Waals surface area contributed by atoms with Crippen LogP contribution in [0, 0.1) is 0 Å². The average Bonchev–Trinajstić information content (AvgIpc) is 3.20. The molecule has 1 N–H and O–H groups in total. The smallest absolute Gasteiger partial charge is 0.320 e. The Morgan fingerprint density at radius 1 is 1.07 bits per heavy atom. The van der Waals surface area contributed by atoms with Crippen LogP contribution in [-0.4, -0.2) is 49.9 Å². The first-order valence-electron chi connectivity index (χ1n) is 9.15. The van der Waals surface area contributed by atoms with Gasteiger partial charge in [-0.25, -0.2) is 0 Å². The summed E-state index contributed by atoms with van der Waals surface area (Å²) in [5.74, 6) is 0.697. The Kier molecular flexibility index (Phi) is 6.77. The van der Waals surface area contributed by atoms with Gasteiger partial charge in [0, 0.05) is 18.2 Å². The van der Waals surface area contributed by atoms with Crippen molar-refractivity contribution in [1.29, 1.82) is 0 Å². The summed E-state index contributed by atoms with van der Waals surface area (Å²) in [6.07, 6.45) is 1.32. The van der Waals surface area contributed by atoms with Crippen LogP contribution in [0.1, 0.15) is 30.0 Å². The molecule has 0 radical (unpaired) electrons. The van der Waals surface area contributed by atoms with E-state index in [9.17, 15) is 9.90 Å². The maximum atomic E-state index is 11.9. The summed E-state index contributed by atoms with van der Waals surface area (Å²) >= 11 is 12.9. The van der Waals surface area contributed by atoms with Gasteiger partial charge in [-0.3, -0.25) is 9.69 Å². The Morgan fingerprint density at radius 3 is 2.34 bits per heavy atom. The Morgan fingerprint density at radius 2 is 1.72 bits per heavy atom. The second-order valence-corrected chi connectivity index (χ2v) is 7.51. The molecular weight excluding hydrogens is 417 g/mol. The third-order valence-corrected chi connectivity index (χ3v) is 6.05. The predicted molar refractivity (Wildman–Crippen MR) is 112 cm³/mol. The molecule has 1 aliphatic heterocycles. The Balaban J connectivity index is 2.26. The van der Waals surface area contributed by atoms with Gasteiger partial charge in [-0.15, -0.1) is 0 Å². The SMILES string of the molecule is COc1cc(OC)c(C(c2cccc(Cl)c2Cl)N2CCCC2C(=O)O)cc1OC. The third-order valence-electron chi connectivity index (χ3n) is 5.22. The molecule has 0 aliphatic carbocycles. The van der Waals surface area contributed by atoms with Crippen molar-refractivity contribution in [3.63, 3.8) is 0 Å². The Bertz CT molecular complexity index is 905. The van der Waals surface area contributed by atoms with Gasteiger partial charge >= 0.3 is 5.97 Å². The van der Waals surface area contributed by atoms with E-state index in [-0.39, 0.29) is 0 Å². The molecule has 156 valence electrons.